The van der Waals surface area contributed by atoms with Crippen molar-refractivity contribution in [1.29, 1.82) is 0 Å². The number of nitrogens with one attached hydrogen (secondary N) is 1. The molecule has 1 aliphatic rings. The summed E-state index contributed by atoms with van der Waals surface area (Å²) in [5.74, 6) is 0.607. The minimum Gasteiger partial charge on any atom is -0.382 e. The Morgan fingerprint density at radius 3 is 2.59 bits per heavy atom. The van der Waals surface area contributed by atoms with Crippen LogP contribution in [0.2, 0.25) is 0 Å². The molecule has 2 rings (SSSR count). The van der Waals surface area contributed by atoms with Crippen molar-refractivity contribution in [3.05, 3.63) is 28.2 Å². The zero-order chi connectivity index (χ0) is 12.5. The van der Waals surface area contributed by atoms with Crippen LogP contribution < -0.4 is 5.32 Å². The van der Waals surface area contributed by atoms with Crippen molar-refractivity contribution < 1.29 is 8.42 Å². The van der Waals surface area contributed by atoms with Gasteiger partial charge in [-0.1, -0.05) is 22.0 Å². The van der Waals surface area contributed by atoms with Gasteiger partial charge in [-0.15, -0.1) is 0 Å². The summed E-state index contributed by atoms with van der Waals surface area (Å²) in [6.07, 6.45) is 1.41. The zero-order valence-corrected chi connectivity index (χ0v) is 12.1. The lowest BCUT2D eigenvalue weighted by atomic mass is 10.1. The Labute approximate surface area is 111 Å². The second-order valence-electron chi connectivity index (χ2n) is 4.48. The van der Waals surface area contributed by atoms with Crippen molar-refractivity contribution in [2.75, 3.05) is 16.8 Å². The van der Waals surface area contributed by atoms with E-state index in [1.807, 2.05) is 25.1 Å². The van der Waals surface area contributed by atoms with Crippen LogP contribution in [0.25, 0.3) is 0 Å². The van der Waals surface area contributed by atoms with E-state index in [1.165, 1.54) is 5.56 Å². The lowest BCUT2D eigenvalue weighted by Gasteiger charge is -2.25. The first-order valence-corrected chi connectivity index (χ1v) is 8.31. The minimum absolute atomic E-state index is 0.270. The largest absolute Gasteiger partial charge is 0.382 e. The van der Waals surface area contributed by atoms with Gasteiger partial charge >= 0.3 is 0 Å². The van der Waals surface area contributed by atoms with Gasteiger partial charge in [-0.05, 0) is 37.5 Å². The maximum atomic E-state index is 11.3. The first-order chi connectivity index (χ1) is 7.98. The molecule has 0 spiro atoms. The molecule has 0 saturated carbocycles. The highest BCUT2D eigenvalue weighted by Gasteiger charge is 2.23. The van der Waals surface area contributed by atoms with Crippen LogP contribution in [0.1, 0.15) is 18.4 Å². The first kappa shape index (κ1) is 12.9. The van der Waals surface area contributed by atoms with E-state index in [9.17, 15) is 8.42 Å². The molecule has 0 radical (unpaired) electrons. The monoisotopic (exact) mass is 317 g/mol. The summed E-state index contributed by atoms with van der Waals surface area (Å²) in [6, 6.07) is 6.29. The van der Waals surface area contributed by atoms with E-state index in [2.05, 4.69) is 21.2 Å². The molecule has 0 aliphatic carbocycles. The highest BCUT2D eigenvalue weighted by molar-refractivity contribution is 9.10. The molecule has 1 aliphatic heterocycles. The van der Waals surface area contributed by atoms with E-state index in [4.69, 9.17) is 0 Å². The Morgan fingerprint density at radius 2 is 1.94 bits per heavy atom. The van der Waals surface area contributed by atoms with E-state index in [1.54, 1.807) is 0 Å². The van der Waals surface area contributed by atoms with Gasteiger partial charge in [-0.25, -0.2) is 8.42 Å². The fourth-order valence-electron chi connectivity index (χ4n) is 2.02. The Hall–Kier alpha value is -0.550. The highest BCUT2D eigenvalue weighted by atomic mass is 79.9. The van der Waals surface area contributed by atoms with Crippen molar-refractivity contribution in [3.63, 3.8) is 0 Å². The van der Waals surface area contributed by atoms with E-state index >= 15 is 0 Å². The van der Waals surface area contributed by atoms with Crippen LogP contribution >= 0.6 is 15.9 Å². The number of halogens is 1. The summed E-state index contributed by atoms with van der Waals surface area (Å²) >= 11 is 3.49. The molecule has 0 atom stereocenters. The predicted molar refractivity (Wildman–Crippen MR) is 74.2 cm³/mol. The molecule has 1 N–H and O–H groups in total. The smallest absolute Gasteiger partial charge is 0.150 e. The van der Waals surface area contributed by atoms with Gasteiger partial charge < -0.3 is 5.32 Å². The summed E-state index contributed by atoms with van der Waals surface area (Å²) in [4.78, 5) is 0. The molecule has 1 aromatic carbocycles. The Bertz CT molecular complexity index is 499. The number of rotatable bonds is 2. The normalized spacial score (nSPS) is 20.1. The van der Waals surface area contributed by atoms with Crippen molar-refractivity contribution in [2.45, 2.75) is 25.8 Å². The van der Waals surface area contributed by atoms with E-state index in [-0.39, 0.29) is 6.04 Å². The third kappa shape index (κ3) is 3.22. The van der Waals surface area contributed by atoms with Crippen LogP contribution in [0.15, 0.2) is 22.7 Å². The number of benzene rings is 1. The van der Waals surface area contributed by atoms with Crippen molar-refractivity contribution in [2.24, 2.45) is 0 Å². The lowest BCUT2D eigenvalue weighted by Crippen LogP contribution is -2.32. The number of sulfone groups is 1. The number of anilines is 1. The van der Waals surface area contributed by atoms with Crippen molar-refractivity contribution in [3.8, 4) is 0 Å². The molecule has 1 saturated heterocycles. The summed E-state index contributed by atoms with van der Waals surface area (Å²) in [5, 5.41) is 3.43. The fourth-order valence-corrected chi connectivity index (χ4v) is 3.88. The fraction of sp³-hybridized carbons (Fsp3) is 0.500. The molecule has 0 aromatic heterocycles. The molecule has 1 aromatic rings. The summed E-state index contributed by atoms with van der Waals surface area (Å²) in [5.41, 5.74) is 2.25. The standard InChI is InChI=1S/C12H16BrNO2S/c1-9-11(13)3-2-4-12(9)14-10-5-7-17(15,16)8-6-10/h2-4,10,14H,5-8H2,1H3. The topological polar surface area (TPSA) is 46.2 Å². The molecule has 0 amide bonds. The summed E-state index contributed by atoms with van der Waals surface area (Å²) in [6.45, 7) is 2.05. The summed E-state index contributed by atoms with van der Waals surface area (Å²) < 4.78 is 23.7. The van der Waals surface area contributed by atoms with Crippen LogP contribution in [0.3, 0.4) is 0 Å². The molecule has 1 fully saturated rings. The van der Waals surface area contributed by atoms with Gasteiger partial charge in [0.1, 0.15) is 9.84 Å². The average molecular weight is 318 g/mol. The Kier molecular flexibility index (Phi) is 3.78. The molecule has 0 bridgehead atoms. The lowest BCUT2D eigenvalue weighted by molar-refractivity contribution is 0.559. The number of hydrogen-bond acceptors (Lipinski definition) is 3. The third-order valence-electron chi connectivity index (χ3n) is 3.18. The molecule has 3 nitrogen and oxygen atoms in total. The molecule has 94 valence electrons. The third-order valence-corrected chi connectivity index (χ3v) is 5.76. The highest BCUT2D eigenvalue weighted by Crippen LogP contribution is 2.26. The van der Waals surface area contributed by atoms with Crippen molar-refractivity contribution >= 4 is 31.5 Å². The zero-order valence-electron chi connectivity index (χ0n) is 9.74. The molecule has 17 heavy (non-hydrogen) atoms. The van der Waals surface area contributed by atoms with Crippen molar-refractivity contribution in [1.82, 2.24) is 0 Å². The van der Waals surface area contributed by atoms with Gasteiger partial charge in [0, 0.05) is 16.2 Å². The van der Waals surface area contributed by atoms with Crippen LogP contribution in [-0.2, 0) is 9.84 Å². The van der Waals surface area contributed by atoms with E-state index in [0.717, 1.165) is 10.2 Å². The quantitative estimate of drug-likeness (QED) is 0.912. The van der Waals surface area contributed by atoms with E-state index in [0.29, 0.717) is 24.3 Å². The average Bonchev–Trinajstić information content (AvgIpc) is 2.27. The van der Waals surface area contributed by atoms with Crippen LogP contribution in [0.5, 0.6) is 0 Å². The molecule has 5 heteroatoms. The Morgan fingerprint density at radius 1 is 1.29 bits per heavy atom. The maximum Gasteiger partial charge on any atom is 0.150 e. The van der Waals surface area contributed by atoms with Gasteiger partial charge in [0.15, 0.2) is 0 Å². The van der Waals surface area contributed by atoms with Crippen LogP contribution in [0, 0.1) is 6.92 Å². The van der Waals surface area contributed by atoms with Gasteiger partial charge in [0.05, 0.1) is 11.5 Å². The van der Waals surface area contributed by atoms with Gasteiger partial charge in [-0.2, -0.15) is 0 Å². The molecular formula is C12H16BrNO2S. The maximum absolute atomic E-state index is 11.3. The Balaban J connectivity index is 2.05. The predicted octanol–water partition coefficient (Wildman–Crippen LogP) is 2.75. The SMILES string of the molecule is Cc1c(Br)cccc1NC1CCS(=O)(=O)CC1. The second kappa shape index (κ2) is 4.98. The molecule has 0 unspecified atom stereocenters. The van der Waals surface area contributed by atoms with Gasteiger partial charge in [-0.3, -0.25) is 0 Å². The number of hydrogen-bond donors (Lipinski definition) is 1. The van der Waals surface area contributed by atoms with E-state index < -0.39 is 9.84 Å². The first-order valence-electron chi connectivity index (χ1n) is 5.70. The molecule has 1 heterocycles. The van der Waals surface area contributed by atoms with Crippen LogP contribution in [0.4, 0.5) is 5.69 Å². The van der Waals surface area contributed by atoms with Gasteiger partial charge in [0.2, 0.25) is 0 Å². The minimum atomic E-state index is -2.78. The second-order valence-corrected chi connectivity index (χ2v) is 7.64. The van der Waals surface area contributed by atoms with Crippen LogP contribution in [-0.4, -0.2) is 26.0 Å². The van der Waals surface area contributed by atoms with Gasteiger partial charge in [0.25, 0.3) is 0 Å². The summed E-state index contributed by atoms with van der Waals surface area (Å²) in [7, 11) is -2.78. The molecular weight excluding hydrogens is 302 g/mol.